The lowest BCUT2D eigenvalue weighted by molar-refractivity contribution is 0.262. The molecule has 0 saturated carbocycles. The molecule has 0 aromatic heterocycles. The molecule has 1 saturated heterocycles. The molecule has 1 heterocycles. The first-order chi connectivity index (χ1) is 11.9. The Kier molecular flexibility index (Phi) is 5.06. The Morgan fingerprint density at radius 2 is 1.36 bits per heavy atom. The topological polar surface area (TPSA) is 78.5 Å². The summed E-state index contributed by atoms with van der Waals surface area (Å²) in [5.74, 6) is 0. The maximum Gasteiger partial charge on any atom is 0.323 e. The van der Waals surface area contributed by atoms with E-state index in [-0.39, 0.29) is 10.9 Å². The molecule has 25 heavy (non-hydrogen) atoms. The van der Waals surface area contributed by atoms with Crippen molar-refractivity contribution in [3.05, 3.63) is 54.1 Å². The molecule has 1 aliphatic rings. The van der Waals surface area contributed by atoms with Gasteiger partial charge in [0.25, 0.3) is 0 Å². The molecule has 0 unspecified atom stereocenters. The smallest absolute Gasteiger partial charge is 0.308 e. The minimum Gasteiger partial charge on any atom is -0.308 e. The lowest BCUT2D eigenvalue weighted by atomic mass is 10.2. The van der Waals surface area contributed by atoms with E-state index in [2.05, 4.69) is 10.6 Å². The molecule has 1 aliphatic heterocycles. The standard InChI is InChI=1S/C18H21N3O3S/c1-14-4-6-15(7-5-14)19-18(22)20-16-8-10-17(11-9-16)25(23,24)21-12-2-3-13-21/h4-11H,2-3,12-13H2,1H3,(H2,19,20,22). The number of nitrogens with zero attached hydrogens (tertiary/aromatic N) is 1. The Morgan fingerprint density at radius 1 is 0.880 bits per heavy atom. The second kappa shape index (κ2) is 7.25. The molecule has 2 amide bonds. The van der Waals surface area contributed by atoms with Crippen LogP contribution in [0.3, 0.4) is 0 Å². The predicted octanol–water partition coefficient (Wildman–Crippen LogP) is 3.42. The number of carbonyl (C=O) groups excluding carboxylic acids is 1. The van der Waals surface area contributed by atoms with Gasteiger partial charge in [0.15, 0.2) is 0 Å². The van der Waals surface area contributed by atoms with Gasteiger partial charge in [-0.05, 0) is 56.2 Å². The highest BCUT2D eigenvalue weighted by Gasteiger charge is 2.26. The fourth-order valence-corrected chi connectivity index (χ4v) is 4.24. The average molecular weight is 359 g/mol. The Morgan fingerprint density at radius 3 is 1.88 bits per heavy atom. The van der Waals surface area contributed by atoms with Crippen LogP contribution in [0.1, 0.15) is 18.4 Å². The predicted molar refractivity (Wildman–Crippen MR) is 98.3 cm³/mol. The molecule has 0 atom stereocenters. The van der Waals surface area contributed by atoms with Crippen molar-refractivity contribution < 1.29 is 13.2 Å². The van der Waals surface area contributed by atoms with Crippen LogP contribution in [-0.2, 0) is 10.0 Å². The Labute approximate surface area is 147 Å². The summed E-state index contributed by atoms with van der Waals surface area (Å²) in [4.78, 5) is 12.3. The molecule has 0 radical (unpaired) electrons. The maximum atomic E-state index is 12.5. The van der Waals surface area contributed by atoms with Crippen molar-refractivity contribution in [3.63, 3.8) is 0 Å². The average Bonchev–Trinajstić information content (AvgIpc) is 3.13. The van der Waals surface area contributed by atoms with Gasteiger partial charge in [0, 0.05) is 24.5 Å². The van der Waals surface area contributed by atoms with Crippen molar-refractivity contribution >= 4 is 27.4 Å². The van der Waals surface area contributed by atoms with E-state index in [0.717, 1.165) is 18.4 Å². The van der Waals surface area contributed by atoms with Gasteiger partial charge in [0.2, 0.25) is 10.0 Å². The number of hydrogen-bond acceptors (Lipinski definition) is 3. The molecule has 0 bridgehead atoms. The van der Waals surface area contributed by atoms with Gasteiger partial charge in [-0.25, -0.2) is 13.2 Å². The SMILES string of the molecule is Cc1ccc(NC(=O)Nc2ccc(S(=O)(=O)N3CCCC3)cc2)cc1. The van der Waals surface area contributed by atoms with E-state index < -0.39 is 10.0 Å². The van der Waals surface area contributed by atoms with E-state index in [4.69, 9.17) is 0 Å². The number of carbonyl (C=O) groups is 1. The summed E-state index contributed by atoms with van der Waals surface area (Å²) >= 11 is 0. The third kappa shape index (κ3) is 4.18. The van der Waals surface area contributed by atoms with Crippen molar-refractivity contribution in [2.75, 3.05) is 23.7 Å². The number of aryl methyl sites for hydroxylation is 1. The molecule has 7 heteroatoms. The highest BCUT2D eigenvalue weighted by atomic mass is 32.2. The van der Waals surface area contributed by atoms with Crippen molar-refractivity contribution in [1.29, 1.82) is 0 Å². The van der Waals surface area contributed by atoms with Crippen LogP contribution in [-0.4, -0.2) is 31.8 Å². The summed E-state index contributed by atoms with van der Waals surface area (Å²) in [6.07, 6.45) is 1.80. The minimum absolute atomic E-state index is 0.249. The summed E-state index contributed by atoms with van der Waals surface area (Å²) in [6.45, 7) is 3.12. The number of nitrogens with one attached hydrogen (secondary N) is 2. The number of amides is 2. The molecule has 6 nitrogen and oxygen atoms in total. The van der Waals surface area contributed by atoms with E-state index >= 15 is 0 Å². The van der Waals surface area contributed by atoms with Gasteiger partial charge in [-0.3, -0.25) is 0 Å². The monoisotopic (exact) mass is 359 g/mol. The first-order valence-corrected chi connectivity index (χ1v) is 9.64. The van der Waals surface area contributed by atoms with E-state index in [1.165, 1.54) is 16.4 Å². The molecule has 2 aromatic carbocycles. The molecule has 1 fully saturated rings. The van der Waals surface area contributed by atoms with E-state index in [9.17, 15) is 13.2 Å². The summed E-state index contributed by atoms with van der Waals surface area (Å²) in [7, 11) is -3.43. The van der Waals surface area contributed by atoms with Gasteiger partial charge in [-0.15, -0.1) is 0 Å². The molecule has 2 aromatic rings. The summed E-state index contributed by atoms with van der Waals surface area (Å²) < 4.78 is 26.4. The van der Waals surface area contributed by atoms with Crippen LogP contribution in [0.25, 0.3) is 0 Å². The third-order valence-electron chi connectivity index (χ3n) is 4.12. The van der Waals surface area contributed by atoms with E-state index in [1.54, 1.807) is 12.1 Å². The van der Waals surface area contributed by atoms with Crippen LogP contribution in [0.15, 0.2) is 53.4 Å². The van der Waals surface area contributed by atoms with Crippen molar-refractivity contribution in [2.24, 2.45) is 0 Å². The molecular formula is C18H21N3O3S. The second-order valence-electron chi connectivity index (χ2n) is 6.08. The number of benzene rings is 2. The van der Waals surface area contributed by atoms with Gasteiger partial charge in [0.1, 0.15) is 0 Å². The molecule has 0 aliphatic carbocycles. The van der Waals surface area contributed by atoms with Crippen LogP contribution in [0, 0.1) is 6.92 Å². The summed E-state index contributed by atoms with van der Waals surface area (Å²) in [5.41, 5.74) is 2.34. The zero-order chi connectivity index (χ0) is 17.9. The Bertz CT molecular complexity index is 840. The molecule has 132 valence electrons. The number of anilines is 2. The minimum atomic E-state index is -3.43. The van der Waals surface area contributed by atoms with E-state index in [0.29, 0.717) is 24.5 Å². The largest absolute Gasteiger partial charge is 0.323 e. The van der Waals surface area contributed by atoms with Crippen molar-refractivity contribution in [1.82, 2.24) is 4.31 Å². The maximum absolute atomic E-state index is 12.5. The highest BCUT2D eigenvalue weighted by molar-refractivity contribution is 7.89. The second-order valence-corrected chi connectivity index (χ2v) is 8.02. The summed E-state index contributed by atoms with van der Waals surface area (Å²) in [6, 6.07) is 13.3. The van der Waals surface area contributed by atoms with Gasteiger partial charge >= 0.3 is 6.03 Å². The third-order valence-corrected chi connectivity index (χ3v) is 6.04. The Hall–Kier alpha value is -2.38. The first kappa shape index (κ1) is 17.4. The number of hydrogen-bond donors (Lipinski definition) is 2. The van der Waals surface area contributed by atoms with Crippen LogP contribution in [0.4, 0.5) is 16.2 Å². The van der Waals surface area contributed by atoms with Crippen LogP contribution in [0.2, 0.25) is 0 Å². The lowest BCUT2D eigenvalue weighted by Gasteiger charge is -2.15. The molecular weight excluding hydrogens is 338 g/mol. The quantitative estimate of drug-likeness (QED) is 0.878. The van der Waals surface area contributed by atoms with Crippen LogP contribution < -0.4 is 10.6 Å². The normalized spacial score (nSPS) is 15.1. The van der Waals surface area contributed by atoms with Gasteiger partial charge in [-0.1, -0.05) is 17.7 Å². The zero-order valence-corrected chi connectivity index (χ0v) is 14.8. The molecule has 3 rings (SSSR count). The van der Waals surface area contributed by atoms with E-state index in [1.807, 2.05) is 31.2 Å². The molecule has 2 N–H and O–H groups in total. The van der Waals surface area contributed by atoms with Gasteiger partial charge in [-0.2, -0.15) is 4.31 Å². The van der Waals surface area contributed by atoms with Gasteiger partial charge < -0.3 is 10.6 Å². The fourth-order valence-electron chi connectivity index (χ4n) is 2.72. The number of urea groups is 1. The Balaban J connectivity index is 1.64. The number of sulfonamides is 1. The van der Waals surface area contributed by atoms with Crippen LogP contribution in [0.5, 0.6) is 0 Å². The van der Waals surface area contributed by atoms with Gasteiger partial charge in [0.05, 0.1) is 4.90 Å². The van der Waals surface area contributed by atoms with Crippen molar-refractivity contribution in [3.8, 4) is 0 Å². The zero-order valence-electron chi connectivity index (χ0n) is 14.0. The van der Waals surface area contributed by atoms with Crippen molar-refractivity contribution in [2.45, 2.75) is 24.7 Å². The first-order valence-electron chi connectivity index (χ1n) is 8.20. The summed E-state index contributed by atoms with van der Waals surface area (Å²) in [5, 5.41) is 5.43. The van der Waals surface area contributed by atoms with Crippen LogP contribution >= 0.6 is 0 Å². The highest BCUT2D eigenvalue weighted by Crippen LogP contribution is 2.22. The lowest BCUT2D eigenvalue weighted by Crippen LogP contribution is -2.27. The molecule has 0 spiro atoms. The fraction of sp³-hybridized carbons (Fsp3) is 0.278. The number of rotatable bonds is 4.